The zero-order chi connectivity index (χ0) is 20.6. The Bertz CT molecular complexity index is 1650. The molecule has 0 unspecified atom stereocenters. The summed E-state index contributed by atoms with van der Waals surface area (Å²) in [6.45, 7) is 7.40. The third-order valence-corrected chi connectivity index (χ3v) is 6.36. The fourth-order valence-electron chi connectivity index (χ4n) is 4.74. The van der Waals surface area contributed by atoms with Crippen LogP contribution in [0.1, 0.15) is 5.69 Å². The molecule has 0 aliphatic carbocycles. The Morgan fingerprint density at radius 1 is 0.700 bits per heavy atom. The van der Waals surface area contributed by atoms with Gasteiger partial charge in [0.2, 0.25) is 5.82 Å². The van der Waals surface area contributed by atoms with Crippen LogP contribution in [-0.4, -0.2) is 9.13 Å². The molecule has 0 aliphatic heterocycles. The number of aryl methyl sites for hydroxylation is 2. The molecule has 2 aromatic heterocycles. The highest BCUT2D eigenvalue weighted by Gasteiger charge is 2.13. The second-order valence-electron chi connectivity index (χ2n) is 7.86. The molecule has 30 heavy (non-hydrogen) atoms. The first-order valence-corrected chi connectivity index (χ1v) is 9.75. The highest BCUT2D eigenvalue weighted by atomic mass is 15.0. The second-order valence-corrected chi connectivity index (χ2v) is 7.86. The third kappa shape index (κ3) is 2.03. The minimum atomic E-state index is 0.648. The van der Waals surface area contributed by atoms with Gasteiger partial charge in [-0.2, -0.15) is 5.26 Å². The fourth-order valence-corrected chi connectivity index (χ4v) is 4.74. The van der Waals surface area contributed by atoms with Crippen LogP contribution >= 0.6 is 0 Å². The van der Waals surface area contributed by atoms with Crippen LogP contribution in [0, 0.1) is 17.9 Å². The van der Waals surface area contributed by atoms with Crippen molar-refractivity contribution in [2.45, 2.75) is 0 Å². The lowest BCUT2D eigenvalue weighted by molar-refractivity contribution is 0.948. The zero-order valence-corrected chi connectivity index (χ0v) is 16.6. The topological polar surface area (TPSA) is 38.0 Å². The number of nitrogens with zero attached hydrogens (tertiary/aromatic N) is 4. The van der Waals surface area contributed by atoms with Gasteiger partial charge in [-0.1, -0.05) is 30.8 Å². The first-order valence-electron chi connectivity index (χ1n) is 9.75. The fraction of sp³-hybridized carbons (Fsp3) is 0.0769. The summed E-state index contributed by atoms with van der Waals surface area (Å²) in [5.41, 5.74) is 2.79. The first kappa shape index (κ1) is 16.7. The molecule has 0 bridgehead atoms. The molecular formula is C26H16N4. The standard InChI is InChI=1S/C26H16N4/c1-28-26-11-18-9-16-5-7-20-21(23(16)13-25(18)30(26)3)6-4-15-8-17-10-19(14-27)29(2)24(17)12-22(15)20/h4-13H,2-3H3. The molecule has 140 valence electrons. The Labute approximate surface area is 172 Å². The van der Waals surface area contributed by atoms with E-state index in [2.05, 4.69) is 59.4 Å². The molecule has 0 atom stereocenters. The number of fused-ring (bicyclic) bond motifs is 7. The average Bonchev–Trinajstić information content (AvgIpc) is 3.26. The van der Waals surface area contributed by atoms with Crippen molar-refractivity contribution in [1.29, 1.82) is 5.26 Å². The summed E-state index contributed by atoms with van der Waals surface area (Å²) in [7, 11) is 3.88. The summed E-state index contributed by atoms with van der Waals surface area (Å²) in [5.74, 6) is 0.648. The Balaban J connectivity index is 1.76. The van der Waals surface area contributed by atoms with Crippen LogP contribution in [0.3, 0.4) is 0 Å². The smallest absolute Gasteiger partial charge is 0.231 e. The quantitative estimate of drug-likeness (QED) is 0.216. The largest absolute Gasteiger partial charge is 0.364 e. The van der Waals surface area contributed by atoms with E-state index in [1.807, 2.05) is 35.4 Å². The molecule has 4 nitrogen and oxygen atoms in total. The molecule has 0 aliphatic rings. The van der Waals surface area contributed by atoms with E-state index in [4.69, 9.17) is 6.57 Å². The Kier molecular flexibility index (Phi) is 3.12. The van der Waals surface area contributed by atoms with Gasteiger partial charge in [-0.25, -0.2) is 0 Å². The van der Waals surface area contributed by atoms with Crippen molar-refractivity contribution in [3.05, 3.63) is 77.8 Å². The number of hydrogen-bond acceptors (Lipinski definition) is 1. The van der Waals surface area contributed by atoms with Crippen LogP contribution in [0.4, 0.5) is 5.82 Å². The van der Waals surface area contributed by atoms with E-state index in [1.54, 1.807) is 0 Å². The van der Waals surface area contributed by atoms with E-state index in [1.165, 1.54) is 32.3 Å². The summed E-state index contributed by atoms with van der Waals surface area (Å²) in [4.78, 5) is 3.64. The molecule has 6 rings (SSSR count). The molecule has 0 N–H and O–H groups in total. The molecule has 0 spiro atoms. The van der Waals surface area contributed by atoms with Crippen molar-refractivity contribution in [2.24, 2.45) is 14.1 Å². The molecule has 4 heteroatoms. The van der Waals surface area contributed by atoms with E-state index in [9.17, 15) is 5.26 Å². The molecular weight excluding hydrogens is 368 g/mol. The van der Waals surface area contributed by atoms with Gasteiger partial charge in [0.05, 0.1) is 7.05 Å². The molecule has 6 aromatic rings. The van der Waals surface area contributed by atoms with Crippen molar-refractivity contribution in [2.75, 3.05) is 0 Å². The Morgan fingerprint density at radius 3 is 1.83 bits per heavy atom. The molecule has 0 radical (unpaired) electrons. The van der Waals surface area contributed by atoms with Gasteiger partial charge < -0.3 is 9.41 Å². The van der Waals surface area contributed by atoms with Crippen LogP contribution in [0.5, 0.6) is 0 Å². The van der Waals surface area contributed by atoms with Gasteiger partial charge in [0.15, 0.2) is 0 Å². The van der Waals surface area contributed by atoms with Crippen molar-refractivity contribution in [1.82, 2.24) is 9.13 Å². The summed E-state index contributed by atoms with van der Waals surface area (Å²) in [5, 5.41) is 18.6. The van der Waals surface area contributed by atoms with Gasteiger partial charge >= 0.3 is 0 Å². The predicted molar refractivity (Wildman–Crippen MR) is 123 cm³/mol. The number of nitriles is 1. The summed E-state index contributed by atoms with van der Waals surface area (Å²) >= 11 is 0. The van der Waals surface area contributed by atoms with Crippen LogP contribution in [0.2, 0.25) is 0 Å². The average molecular weight is 384 g/mol. The SMILES string of the molecule is [C-]#[N+]c1cc2cc3ccc4c5cc6c(cc(C#N)n6C)cc5ccc4c3cc2n1C. The van der Waals surface area contributed by atoms with E-state index in [0.29, 0.717) is 11.5 Å². The minimum absolute atomic E-state index is 0.648. The first-order chi connectivity index (χ1) is 14.6. The Morgan fingerprint density at radius 2 is 1.27 bits per heavy atom. The monoisotopic (exact) mass is 384 g/mol. The summed E-state index contributed by atoms with van der Waals surface area (Å²) in [6.07, 6.45) is 0. The van der Waals surface area contributed by atoms with Crippen molar-refractivity contribution < 1.29 is 0 Å². The minimum Gasteiger partial charge on any atom is -0.364 e. The second kappa shape index (κ2) is 5.63. The van der Waals surface area contributed by atoms with Gasteiger partial charge in [0.25, 0.3) is 0 Å². The molecule has 0 fully saturated rings. The predicted octanol–water partition coefficient (Wildman–Crippen LogP) is 6.55. The van der Waals surface area contributed by atoms with E-state index >= 15 is 0 Å². The number of hydrogen-bond donors (Lipinski definition) is 0. The van der Waals surface area contributed by atoms with Gasteiger partial charge in [-0.3, -0.25) is 4.57 Å². The van der Waals surface area contributed by atoms with Gasteiger partial charge in [-0.15, -0.1) is 0 Å². The molecule has 0 saturated heterocycles. The van der Waals surface area contributed by atoms with E-state index < -0.39 is 0 Å². The normalized spacial score (nSPS) is 11.6. The van der Waals surface area contributed by atoms with Crippen molar-refractivity contribution in [3.8, 4) is 6.07 Å². The molecule has 4 aromatic carbocycles. The van der Waals surface area contributed by atoms with Crippen LogP contribution < -0.4 is 0 Å². The Hall–Kier alpha value is -4.28. The number of rotatable bonds is 0. The lowest BCUT2D eigenvalue weighted by Crippen LogP contribution is -1.90. The maximum absolute atomic E-state index is 9.38. The third-order valence-electron chi connectivity index (χ3n) is 6.36. The number of aromatic nitrogens is 2. The van der Waals surface area contributed by atoms with E-state index in [-0.39, 0.29) is 0 Å². The van der Waals surface area contributed by atoms with Gasteiger partial charge in [0, 0.05) is 23.3 Å². The van der Waals surface area contributed by atoms with Crippen LogP contribution in [-0.2, 0) is 14.1 Å². The molecule has 0 amide bonds. The number of benzene rings is 4. The van der Waals surface area contributed by atoms with Crippen LogP contribution in [0.25, 0.3) is 59.0 Å². The molecule has 2 heterocycles. The summed E-state index contributed by atoms with van der Waals surface area (Å²) < 4.78 is 3.91. The van der Waals surface area contributed by atoms with Crippen molar-refractivity contribution in [3.63, 3.8) is 0 Å². The van der Waals surface area contributed by atoms with Gasteiger partial charge in [-0.05, 0) is 68.7 Å². The lowest BCUT2D eigenvalue weighted by Gasteiger charge is -2.09. The van der Waals surface area contributed by atoms with Gasteiger partial charge in [0.1, 0.15) is 17.3 Å². The van der Waals surface area contributed by atoms with Crippen molar-refractivity contribution >= 4 is 59.9 Å². The highest BCUT2D eigenvalue weighted by molar-refractivity contribution is 6.20. The maximum Gasteiger partial charge on any atom is 0.231 e. The summed E-state index contributed by atoms with van der Waals surface area (Å²) in [6, 6.07) is 23.6. The maximum atomic E-state index is 9.38. The van der Waals surface area contributed by atoms with Crippen LogP contribution in [0.15, 0.2) is 60.7 Å². The highest BCUT2D eigenvalue weighted by Crippen LogP contribution is 2.36. The zero-order valence-electron chi connectivity index (χ0n) is 16.6. The lowest BCUT2D eigenvalue weighted by atomic mass is 9.95. The van der Waals surface area contributed by atoms with E-state index in [0.717, 1.165) is 21.8 Å². The molecule has 0 saturated carbocycles.